The smallest absolute Gasteiger partial charge is 0.379 e. The van der Waals surface area contributed by atoms with Crippen LogP contribution >= 0.6 is 15.9 Å². The molecule has 0 atom stereocenters. The molecule has 1 rings (SSSR count). The third-order valence-electron chi connectivity index (χ3n) is 1.71. The molecule has 0 aliphatic heterocycles. The Morgan fingerprint density at radius 1 is 1.43 bits per heavy atom. The molecule has 0 radical (unpaired) electrons. The Balaban J connectivity index is 2.95. The van der Waals surface area contributed by atoms with E-state index in [4.69, 9.17) is 0 Å². The minimum absolute atomic E-state index is 0.355. The van der Waals surface area contributed by atoms with E-state index in [0.29, 0.717) is 10.9 Å². The van der Waals surface area contributed by atoms with Crippen LogP contribution < -0.4 is 0 Å². The highest BCUT2D eigenvalue weighted by Gasteiger charge is 2.16. The molecule has 0 saturated carbocycles. The van der Waals surface area contributed by atoms with Crippen LogP contribution in [0.25, 0.3) is 0 Å². The van der Waals surface area contributed by atoms with Crippen LogP contribution in [0.2, 0.25) is 0 Å². The largest absolute Gasteiger partial charge is 0.463 e. The lowest BCUT2D eigenvalue weighted by molar-refractivity contribution is -0.135. The second-order valence-electron chi connectivity index (χ2n) is 2.65. The maximum absolute atomic E-state index is 11.4. The van der Waals surface area contributed by atoms with Crippen molar-refractivity contribution < 1.29 is 14.3 Å². The Bertz CT molecular complexity index is 360. The van der Waals surface area contributed by atoms with Gasteiger partial charge in [0, 0.05) is 10.9 Å². The van der Waals surface area contributed by atoms with E-state index in [0.717, 1.165) is 5.56 Å². The van der Waals surface area contributed by atoms with Gasteiger partial charge in [0.25, 0.3) is 5.78 Å². The van der Waals surface area contributed by atoms with E-state index in [2.05, 4.69) is 20.7 Å². The molecule has 0 saturated heterocycles. The summed E-state index contributed by atoms with van der Waals surface area (Å²) in [5.74, 6) is -1.45. The molecule has 0 unspecified atom stereocenters. The fourth-order valence-corrected chi connectivity index (χ4v) is 1.36. The number of Topliss-reactive ketones (excluding diaryl/α,β-unsaturated/α-hetero) is 1. The van der Waals surface area contributed by atoms with Crippen molar-refractivity contribution in [3.63, 3.8) is 0 Å². The van der Waals surface area contributed by atoms with Gasteiger partial charge in [0.1, 0.15) is 0 Å². The van der Waals surface area contributed by atoms with Gasteiger partial charge in [-0.1, -0.05) is 34.1 Å². The summed E-state index contributed by atoms with van der Waals surface area (Å²) in [6.07, 6.45) is 0. The molecule has 0 aliphatic carbocycles. The molecule has 4 heteroatoms. The van der Waals surface area contributed by atoms with Crippen molar-refractivity contribution in [1.82, 2.24) is 0 Å². The van der Waals surface area contributed by atoms with Gasteiger partial charge in [-0.3, -0.25) is 4.79 Å². The van der Waals surface area contributed by atoms with Crippen molar-refractivity contribution in [2.45, 2.75) is 5.33 Å². The normalized spacial score (nSPS) is 9.57. The summed E-state index contributed by atoms with van der Waals surface area (Å²) in [7, 11) is 1.19. The first kappa shape index (κ1) is 10.9. The summed E-state index contributed by atoms with van der Waals surface area (Å²) in [5, 5.41) is 0.648. The lowest BCUT2D eigenvalue weighted by Gasteiger charge is -2.00. The second kappa shape index (κ2) is 4.91. The number of halogens is 1. The fourth-order valence-electron chi connectivity index (χ4n) is 1.01. The maximum atomic E-state index is 11.4. The average Bonchev–Trinajstić information content (AvgIpc) is 2.27. The Kier molecular flexibility index (Phi) is 3.83. The van der Waals surface area contributed by atoms with Crippen molar-refractivity contribution in [3.8, 4) is 0 Å². The second-order valence-corrected chi connectivity index (χ2v) is 3.22. The molecule has 0 spiro atoms. The zero-order chi connectivity index (χ0) is 10.6. The first-order valence-electron chi connectivity index (χ1n) is 3.96. The number of methoxy groups -OCH3 is 1. The summed E-state index contributed by atoms with van der Waals surface area (Å²) < 4.78 is 4.34. The summed E-state index contributed by atoms with van der Waals surface area (Å²) in [6, 6.07) is 6.84. The third kappa shape index (κ3) is 2.42. The molecule has 14 heavy (non-hydrogen) atoms. The lowest BCUT2D eigenvalue weighted by atomic mass is 10.1. The van der Waals surface area contributed by atoms with Gasteiger partial charge in [-0.05, 0) is 11.6 Å². The van der Waals surface area contributed by atoms with Crippen LogP contribution in [-0.2, 0) is 14.9 Å². The van der Waals surface area contributed by atoms with E-state index in [1.807, 2.05) is 6.07 Å². The predicted octanol–water partition coefficient (Wildman–Crippen LogP) is 1.94. The summed E-state index contributed by atoms with van der Waals surface area (Å²) in [6.45, 7) is 0. The van der Waals surface area contributed by atoms with E-state index in [-0.39, 0.29) is 0 Å². The summed E-state index contributed by atoms with van der Waals surface area (Å²) in [5.41, 5.74) is 1.30. The molecule has 1 aromatic carbocycles. The first-order valence-corrected chi connectivity index (χ1v) is 5.08. The minimum Gasteiger partial charge on any atom is -0.463 e. The molecule has 74 valence electrons. The number of carbonyl (C=O) groups excluding carboxylic acids is 2. The summed E-state index contributed by atoms with van der Waals surface area (Å²) in [4.78, 5) is 22.3. The van der Waals surface area contributed by atoms with Gasteiger partial charge >= 0.3 is 5.97 Å². The highest BCUT2D eigenvalue weighted by molar-refractivity contribution is 9.08. The Morgan fingerprint density at radius 3 is 2.71 bits per heavy atom. The molecule has 0 bridgehead atoms. The van der Waals surface area contributed by atoms with Gasteiger partial charge in [-0.25, -0.2) is 4.79 Å². The molecule has 3 nitrogen and oxygen atoms in total. The Hall–Kier alpha value is -1.16. The first-order chi connectivity index (χ1) is 6.69. The molecular weight excluding hydrogens is 248 g/mol. The SMILES string of the molecule is COC(=O)C(=O)c1cccc(CBr)c1. The van der Waals surface area contributed by atoms with Crippen LogP contribution in [0.5, 0.6) is 0 Å². The quantitative estimate of drug-likeness (QED) is 0.359. The van der Waals surface area contributed by atoms with Crippen molar-refractivity contribution >= 4 is 27.7 Å². The minimum atomic E-state index is -0.836. The highest BCUT2D eigenvalue weighted by atomic mass is 79.9. The molecule has 0 N–H and O–H groups in total. The number of alkyl halides is 1. The van der Waals surface area contributed by atoms with Crippen LogP contribution in [0.3, 0.4) is 0 Å². The summed E-state index contributed by atoms with van der Waals surface area (Å²) >= 11 is 3.27. The van der Waals surface area contributed by atoms with Gasteiger partial charge in [-0.15, -0.1) is 0 Å². The number of benzene rings is 1. The number of rotatable bonds is 3. The monoisotopic (exact) mass is 256 g/mol. The number of carbonyl (C=O) groups is 2. The van der Waals surface area contributed by atoms with E-state index in [1.54, 1.807) is 18.2 Å². The van der Waals surface area contributed by atoms with Crippen molar-refractivity contribution in [3.05, 3.63) is 35.4 Å². The molecule has 0 fully saturated rings. The maximum Gasteiger partial charge on any atom is 0.379 e. The topological polar surface area (TPSA) is 43.4 Å². The van der Waals surface area contributed by atoms with Gasteiger partial charge in [-0.2, -0.15) is 0 Å². The van der Waals surface area contributed by atoms with Crippen LogP contribution in [0.15, 0.2) is 24.3 Å². The number of hydrogen-bond donors (Lipinski definition) is 0. The van der Waals surface area contributed by atoms with Crippen LogP contribution in [-0.4, -0.2) is 18.9 Å². The number of hydrogen-bond acceptors (Lipinski definition) is 3. The van der Waals surface area contributed by atoms with Crippen molar-refractivity contribution in [1.29, 1.82) is 0 Å². The zero-order valence-corrected chi connectivity index (χ0v) is 9.21. The number of ketones is 1. The predicted molar refractivity (Wildman–Crippen MR) is 55.4 cm³/mol. The number of ether oxygens (including phenoxy) is 1. The Labute approximate surface area is 90.2 Å². The average molecular weight is 257 g/mol. The molecule has 1 aromatic rings. The molecule has 0 heterocycles. The van der Waals surface area contributed by atoms with E-state index in [1.165, 1.54) is 7.11 Å². The Morgan fingerprint density at radius 2 is 2.14 bits per heavy atom. The number of esters is 1. The standard InChI is InChI=1S/C10H9BrO3/c1-14-10(13)9(12)8-4-2-3-7(5-8)6-11/h2-5H,6H2,1H3. The highest BCUT2D eigenvalue weighted by Crippen LogP contribution is 2.09. The van der Waals surface area contributed by atoms with Crippen LogP contribution in [0.1, 0.15) is 15.9 Å². The van der Waals surface area contributed by atoms with E-state index in [9.17, 15) is 9.59 Å². The molecule has 0 aliphatic rings. The lowest BCUT2D eigenvalue weighted by Crippen LogP contribution is -2.15. The molecule has 0 amide bonds. The third-order valence-corrected chi connectivity index (χ3v) is 2.36. The van der Waals surface area contributed by atoms with Gasteiger partial charge < -0.3 is 4.74 Å². The van der Waals surface area contributed by atoms with Crippen LogP contribution in [0.4, 0.5) is 0 Å². The molecular formula is C10H9BrO3. The van der Waals surface area contributed by atoms with Gasteiger partial charge in [0.2, 0.25) is 0 Å². The van der Waals surface area contributed by atoms with E-state index >= 15 is 0 Å². The van der Waals surface area contributed by atoms with Gasteiger partial charge in [0.15, 0.2) is 0 Å². The van der Waals surface area contributed by atoms with E-state index < -0.39 is 11.8 Å². The van der Waals surface area contributed by atoms with Crippen molar-refractivity contribution in [2.75, 3.05) is 7.11 Å². The van der Waals surface area contributed by atoms with Crippen molar-refractivity contribution in [2.24, 2.45) is 0 Å². The fraction of sp³-hybridized carbons (Fsp3) is 0.200. The van der Waals surface area contributed by atoms with Gasteiger partial charge in [0.05, 0.1) is 7.11 Å². The zero-order valence-electron chi connectivity index (χ0n) is 7.62. The van der Waals surface area contributed by atoms with Crippen LogP contribution in [0, 0.1) is 0 Å². The molecule has 0 aromatic heterocycles.